The highest BCUT2D eigenvalue weighted by molar-refractivity contribution is 7.10. The Morgan fingerprint density at radius 1 is 0.500 bits per heavy atom. The van der Waals surface area contributed by atoms with E-state index in [0.717, 1.165) is 140 Å². The normalized spacial score (nSPS) is 25.2. The lowest BCUT2D eigenvalue weighted by Gasteiger charge is -2.43. The number of carbonyl (C=O) groups is 3. The third-order valence-electron chi connectivity index (χ3n) is 21.7. The molecule has 3 amide bonds. The molecule has 7 aromatic rings. The maximum Gasteiger partial charge on any atom is 0.407 e. The highest BCUT2D eigenvalue weighted by Gasteiger charge is 2.44. The smallest absolute Gasteiger partial charge is 0.407 e. The van der Waals surface area contributed by atoms with E-state index in [1.807, 2.05) is 92.9 Å². The molecule has 0 bridgehead atoms. The van der Waals surface area contributed by atoms with E-state index in [1.54, 1.807) is 36.8 Å². The number of hydrogen-bond donors (Lipinski definition) is 3. The first-order chi connectivity index (χ1) is 49.8. The van der Waals surface area contributed by atoms with Crippen LogP contribution in [0.2, 0.25) is 0 Å². The van der Waals surface area contributed by atoms with Crippen LogP contribution in [0.3, 0.4) is 0 Å². The Hall–Kier alpha value is -9.55. The van der Waals surface area contributed by atoms with Gasteiger partial charge in [-0.2, -0.15) is 0 Å². The van der Waals surface area contributed by atoms with Crippen LogP contribution >= 0.6 is 11.3 Å². The summed E-state index contributed by atoms with van der Waals surface area (Å²) in [5.74, 6) is 3.41. The van der Waals surface area contributed by atoms with Crippen molar-refractivity contribution < 1.29 is 41.8 Å². The highest BCUT2D eigenvalue weighted by Crippen LogP contribution is 2.52. The number of pyridine rings is 3. The molecule has 6 aliphatic carbocycles. The summed E-state index contributed by atoms with van der Waals surface area (Å²) in [4.78, 5) is 60.3. The van der Waals surface area contributed by atoms with Gasteiger partial charge >= 0.3 is 18.3 Å². The van der Waals surface area contributed by atoms with Gasteiger partial charge in [-0.3, -0.25) is 24.9 Å². The van der Waals surface area contributed by atoms with Gasteiger partial charge in [0.05, 0.1) is 43.4 Å². The maximum absolute atomic E-state index is 13.6. The number of alkyl carbamates (subject to hydrolysis) is 3. The summed E-state index contributed by atoms with van der Waals surface area (Å²) in [6, 6.07) is 34.4. The number of aliphatic imine (C=N–C) groups is 2. The molecule has 14 nitrogen and oxygen atoms in total. The monoisotopic (exact) mass is 1390 g/mol. The quantitative estimate of drug-likeness (QED) is 0.0843. The van der Waals surface area contributed by atoms with Gasteiger partial charge in [-0.15, -0.1) is 11.3 Å². The first-order valence-corrected chi connectivity index (χ1v) is 37.2. The Morgan fingerprint density at radius 3 is 1.38 bits per heavy atom. The molecular weight excluding hydrogens is 1310 g/mol. The molecule has 0 radical (unpaired) electrons. The lowest BCUT2D eigenvalue weighted by molar-refractivity contribution is 0.124. The van der Waals surface area contributed by atoms with E-state index in [0.29, 0.717) is 67.2 Å². The van der Waals surface area contributed by atoms with Gasteiger partial charge in [-0.25, -0.2) is 27.6 Å². The minimum absolute atomic E-state index is 0.173. The molecule has 0 spiro atoms. The molecular formula is C84H89F3N8O6S. The molecule has 8 aliphatic rings. The van der Waals surface area contributed by atoms with Gasteiger partial charge < -0.3 is 30.2 Å². The minimum atomic E-state index is -0.310. The summed E-state index contributed by atoms with van der Waals surface area (Å²) in [6.07, 6.45) is 34.9. The Morgan fingerprint density at radius 2 is 0.931 bits per heavy atom. The van der Waals surface area contributed by atoms with Crippen LogP contribution in [0.25, 0.3) is 51.6 Å². The number of halogens is 3. The zero-order valence-corrected chi connectivity index (χ0v) is 58.9. The fraction of sp³-hybridized carbons (Fsp3) is 0.381. The number of ether oxygens (including phenoxy) is 3. The van der Waals surface area contributed by atoms with Gasteiger partial charge in [0, 0.05) is 101 Å². The number of hydrogen-bond acceptors (Lipinski definition) is 12. The summed E-state index contributed by atoms with van der Waals surface area (Å²) in [6.45, 7) is 7.45. The van der Waals surface area contributed by atoms with Crippen molar-refractivity contribution in [3.05, 3.63) is 225 Å². The fourth-order valence-corrected chi connectivity index (χ4v) is 18.1. The molecule has 3 saturated carbocycles. The van der Waals surface area contributed by atoms with E-state index in [1.165, 1.54) is 69.3 Å². The van der Waals surface area contributed by atoms with E-state index in [9.17, 15) is 27.6 Å². The van der Waals surface area contributed by atoms with E-state index in [4.69, 9.17) is 19.2 Å². The number of thiophene rings is 1. The first-order valence-electron chi connectivity index (χ1n) is 36.3. The van der Waals surface area contributed by atoms with Crippen LogP contribution in [0, 0.1) is 64.8 Å². The molecule has 18 heteroatoms. The molecule has 102 heavy (non-hydrogen) atoms. The van der Waals surface area contributed by atoms with Gasteiger partial charge in [0.15, 0.2) is 0 Å². The number of allylic oxidation sites excluding steroid dienone is 5. The molecule has 6 heterocycles. The number of benzene rings is 3. The van der Waals surface area contributed by atoms with Crippen LogP contribution in [0.5, 0.6) is 0 Å². The van der Waals surface area contributed by atoms with Crippen LogP contribution in [-0.4, -0.2) is 90.2 Å². The molecule has 15 rings (SSSR count). The standard InChI is InChI=1S/2C28H30FN3O2.C28H29FN2O2S/c1-2-34-28(33)32-24-9-10-25-20(14-24)12-21-15-30-17-27(21)26(25)11-8-23-7-6-19(16-31-23)18-4-3-5-22(29)13-18;1-2-34-28(33)32-24-9-10-25-21(16-24)14-19-12-13-30-27(19)26(25)11-8-23-7-6-20(17-31-23)18-4-3-5-22(29)15-18;1-2-33-28(32)31-24-9-10-25-21(16-24)14-19-12-13-34-27(19)26(25)11-8-23-7-6-20(17-30-23)18-4-3-5-22(29)15-18/h3-8,11,13,16-17,20,24-26H,2,9-10,12,14-15H2,1H3,(H,32,33);3-8,11,13,15,17,21,24-26H,2,9-10,12,14,16H2,1H3,(H,32,33);3-8,11-13,15,17,21,24-26H,2,9-10,14,16H2,1H3,(H,31,32)/b3*11-8+/t20-,24-,25-,26+;2*21-,24-,25-,26+/m111/s1. The molecule has 3 fully saturated rings. The van der Waals surface area contributed by atoms with E-state index >= 15 is 0 Å². The Kier molecular flexibility index (Phi) is 23.3. The number of aromatic nitrogens is 3. The SMILES string of the molecule is CCOC(=O)N[C@@H]1CC[C@@H]2[C@H](CC3=C(C=NC3)[C@H]2/C=C/c2ccc(-c3cccc(F)c3)cn2)C1.CCOC(=O)N[C@@H]1CC[C@@H]2[C@H](CC3=C(N=CC3)[C@H]2/C=C/c2ccc(-c3cccc(F)c3)cn2)C1.CCOC(=O)N[C@@H]1CC[C@@H]2[C@H](Cc3ccsc3[C@H]2/C=C/c2ccc(-c3cccc(F)c3)cn2)C1. The molecule has 0 unspecified atom stereocenters. The number of amides is 3. The van der Waals surface area contributed by atoms with Gasteiger partial charge in [0.25, 0.3) is 0 Å². The van der Waals surface area contributed by atoms with Crippen LogP contribution in [0.15, 0.2) is 190 Å². The molecule has 0 saturated heterocycles. The summed E-state index contributed by atoms with van der Waals surface area (Å²) in [7, 11) is 0. The van der Waals surface area contributed by atoms with E-state index in [2.05, 4.69) is 90.0 Å². The largest absolute Gasteiger partial charge is 0.450 e. The minimum Gasteiger partial charge on any atom is -0.450 e. The number of fused-ring (bicyclic) bond motifs is 4. The highest BCUT2D eigenvalue weighted by atomic mass is 32.1. The second kappa shape index (κ2) is 33.5. The molecule has 3 aromatic carbocycles. The van der Waals surface area contributed by atoms with Crippen molar-refractivity contribution in [2.45, 2.75) is 128 Å². The number of nitrogens with zero attached hydrogens (tertiary/aromatic N) is 5. The second-order valence-corrected chi connectivity index (χ2v) is 28.9. The third kappa shape index (κ3) is 17.5. The van der Waals surface area contributed by atoms with Crippen molar-refractivity contribution in [1.82, 2.24) is 30.9 Å². The summed E-state index contributed by atoms with van der Waals surface area (Å²) < 4.78 is 55.9. The fourth-order valence-electron chi connectivity index (χ4n) is 17.0. The van der Waals surface area contributed by atoms with Crippen LogP contribution in [0.4, 0.5) is 27.6 Å². The van der Waals surface area contributed by atoms with Gasteiger partial charge in [0.2, 0.25) is 0 Å². The van der Waals surface area contributed by atoms with Crippen molar-refractivity contribution in [3.63, 3.8) is 0 Å². The predicted molar refractivity (Wildman–Crippen MR) is 398 cm³/mol. The van der Waals surface area contributed by atoms with Crippen molar-refractivity contribution in [3.8, 4) is 33.4 Å². The van der Waals surface area contributed by atoms with E-state index < -0.39 is 0 Å². The molecule has 2 aliphatic heterocycles. The van der Waals surface area contributed by atoms with Crippen molar-refractivity contribution in [1.29, 1.82) is 0 Å². The van der Waals surface area contributed by atoms with Gasteiger partial charge in [0.1, 0.15) is 17.5 Å². The van der Waals surface area contributed by atoms with Gasteiger partial charge in [-0.1, -0.05) is 72.8 Å². The van der Waals surface area contributed by atoms with Crippen LogP contribution < -0.4 is 16.0 Å². The average Bonchev–Trinajstić information content (AvgIpc) is 1.45. The lowest BCUT2D eigenvalue weighted by atomic mass is 9.63. The molecule has 12 atom stereocenters. The molecule has 528 valence electrons. The molecule has 4 aromatic heterocycles. The van der Waals surface area contributed by atoms with Crippen LogP contribution in [-0.2, 0) is 20.6 Å². The van der Waals surface area contributed by atoms with Gasteiger partial charge in [-0.05, 0) is 257 Å². The lowest BCUT2D eigenvalue weighted by Crippen LogP contribution is -2.44. The third-order valence-corrected chi connectivity index (χ3v) is 22.7. The Bertz CT molecular complexity index is 4140. The number of carbonyl (C=O) groups excluding carboxylic acids is 3. The average molecular weight is 1400 g/mol. The zero-order valence-electron chi connectivity index (χ0n) is 58.1. The topological polar surface area (TPSA) is 178 Å². The summed E-state index contributed by atoms with van der Waals surface area (Å²) in [5.41, 5.74) is 14.7. The summed E-state index contributed by atoms with van der Waals surface area (Å²) in [5, 5.41) is 11.3. The van der Waals surface area contributed by atoms with Crippen molar-refractivity contribution in [2.75, 3.05) is 26.4 Å². The van der Waals surface area contributed by atoms with Crippen LogP contribution in [0.1, 0.15) is 131 Å². The second-order valence-electron chi connectivity index (χ2n) is 28.0. The number of nitrogens with one attached hydrogen (secondary N) is 3. The molecule has 3 N–H and O–H groups in total. The predicted octanol–water partition coefficient (Wildman–Crippen LogP) is 18.8. The number of rotatable bonds is 15. The van der Waals surface area contributed by atoms with Crippen molar-refractivity contribution >= 4 is 60.3 Å². The maximum atomic E-state index is 13.6. The van der Waals surface area contributed by atoms with Crippen molar-refractivity contribution in [2.24, 2.45) is 57.3 Å². The Balaban J connectivity index is 0.000000137. The first kappa shape index (κ1) is 70.9. The Labute approximate surface area is 600 Å². The summed E-state index contributed by atoms with van der Waals surface area (Å²) >= 11 is 1.85. The zero-order chi connectivity index (χ0) is 70.5. The van der Waals surface area contributed by atoms with E-state index in [-0.39, 0.29) is 59.8 Å².